The Hall–Kier alpha value is -3.30. The van der Waals surface area contributed by atoms with Gasteiger partial charge in [-0.1, -0.05) is 18.2 Å². The number of sulfonamides is 1. The Labute approximate surface area is 167 Å². The van der Waals surface area contributed by atoms with Crippen molar-refractivity contribution >= 4 is 33.8 Å². The van der Waals surface area contributed by atoms with Gasteiger partial charge in [-0.25, -0.2) is 17.9 Å². The summed E-state index contributed by atoms with van der Waals surface area (Å²) in [5.41, 5.74) is 1.32. The Morgan fingerprint density at radius 2 is 1.55 bits per heavy atom. The number of allylic oxidation sites excluding steroid dienone is 1. The minimum atomic E-state index is -4.05. The fourth-order valence-corrected chi connectivity index (χ4v) is 3.46. The number of ether oxygens (including phenoxy) is 1. The second-order valence-corrected chi connectivity index (χ2v) is 7.71. The monoisotopic (exact) mass is 416 g/mol. The molecule has 0 saturated carbocycles. The van der Waals surface area contributed by atoms with Gasteiger partial charge < -0.3 is 14.6 Å². The standard InChI is InChI=1S/C20H19NO7S/c1-13(19(23)24)21-29(26,27)17-10-8-15(9-11-17)18(22)12-5-14-3-6-16(7-4-14)20(25)28-2/h3-13,21H,1-2H3,(H,23,24)/p-1/b12-5+/t13-/m1/s1. The third kappa shape index (κ3) is 5.84. The molecule has 0 radical (unpaired) electrons. The Morgan fingerprint density at radius 1 is 1.00 bits per heavy atom. The number of rotatable bonds is 8. The van der Waals surface area contributed by atoms with E-state index < -0.39 is 28.0 Å². The third-order valence-corrected chi connectivity index (χ3v) is 5.45. The first-order valence-corrected chi connectivity index (χ1v) is 9.86. The summed E-state index contributed by atoms with van der Waals surface area (Å²) in [6, 6.07) is 10.1. The van der Waals surface area contributed by atoms with Crippen molar-refractivity contribution in [1.29, 1.82) is 0 Å². The number of aliphatic carboxylic acids is 1. The summed E-state index contributed by atoms with van der Waals surface area (Å²) in [4.78, 5) is 34.2. The quantitative estimate of drug-likeness (QED) is 0.382. The molecule has 0 aliphatic heterocycles. The second kappa shape index (κ2) is 9.26. The topological polar surface area (TPSA) is 130 Å². The molecule has 0 aromatic heterocycles. The van der Waals surface area contributed by atoms with E-state index in [0.717, 1.165) is 6.92 Å². The molecule has 0 saturated heterocycles. The molecule has 1 N–H and O–H groups in total. The second-order valence-electron chi connectivity index (χ2n) is 6.00. The molecule has 9 heteroatoms. The molecule has 0 bridgehead atoms. The van der Waals surface area contributed by atoms with Gasteiger partial charge in [0.15, 0.2) is 5.78 Å². The van der Waals surface area contributed by atoms with Gasteiger partial charge in [-0.15, -0.1) is 0 Å². The van der Waals surface area contributed by atoms with Crippen LogP contribution < -0.4 is 9.83 Å². The number of nitrogens with one attached hydrogen (secondary N) is 1. The maximum atomic E-state index is 12.3. The summed E-state index contributed by atoms with van der Waals surface area (Å²) in [5, 5.41) is 10.7. The lowest BCUT2D eigenvalue weighted by molar-refractivity contribution is -0.307. The smallest absolute Gasteiger partial charge is 0.337 e. The van der Waals surface area contributed by atoms with Crippen molar-refractivity contribution in [2.45, 2.75) is 17.9 Å². The number of carboxylic acids is 1. The summed E-state index contributed by atoms with van der Waals surface area (Å²) in [5.74, 6) is -2.37. The Bertz CT molecular complexity index is 1040. The van der Waals surface area contributed by atoms with Crippen LogP contribution in [0.4, 0.5) is 0 Å². The SMILES string of the molecule is COC(=O)c1ccc(/C=C/C(=O)c2ccc(S(=O)(=O)N[C@H](C)C(=O)[O-])cc2)cc1. The maximum Gasteiger partial charge on any atom is 0.337 e. The molecular formula is C20H18NO7S-. The number of benzene rings is 2. The highest BCUT2D eigenvalue weighted by molar-refractivity contribution is 7.89. The molecule has 2 aromatic rings. The van der Waals surface area contributed by atoms with Crippen LogP contribution in [-0.2, 0) is 19.6 Å². The highest BCUT2D eigenvalue weighted by Gasteiger charge is 2.18. The van der Waals surface area contributed by atoms with Crippen LogP contribution in [0.3, 0.4) is 0 Å². The van der Waals surface area contributed by atoms with E-state index >= 15 is 0 Å². The molecule has 8 nitrogen and oxygen atoms in total. The fraction of sp³-hybridized carbons (Fsp3) is 0.150. The van der Waals surface area contributed by atoms with E-state index in [-0.39, 0.29) is 16.2 Å². The molecule has 0 unspecified atom stereocenters. The number of carboxylic acid groups (broad SMARTS) is 1. The zero-order valence-corrected chi connectivity index (χ0v) is 16.4. The van der Waals surface area contributed by atoms with Crippen LogP contribution >= 0.6 is 0 Å². The first kappa shape index (κ1) is 22.0. The van der Waals surface area contributed by atoms with Gasteiger partial charge in [0.05, 0.1) is 29.6 Å². The number of hydrogen-bond donors (Lipinski definition) is 1. The first-order valence-electron chi connectivity index (χ1n) is 8.38. The van der Waals surface area contributed by atoms with Crippen molar-refractivity contribution in [1.82, 2.24) is 4.72 Å². The third-order valence-electron chi connectivity index (χ3n) is 3.89. The Morgan fingerprint density at radius 3 is 2.07 bits per heavy atom. The maximum absolute atomic E-state index is 12.3. The number of esters is 1. The van der Waals surface area contributed by atoms with Crippen molar-refractivity contribution in [2.75, 3.05) is 7.11 Å². The van der Waals surface area contributed by atoms with Gasteiger partial charge in [-0.05, 0) is 55.0 Å². The van der Waals surface area contributed by atoms with E-state index in [9.17, 15) is 27.9 Å². The number of hydrogen-bond acceptors (Lipinski definition) is 7. The van der Waals surface area contributed by atoms with Crippen LogP contribution in [0.5, 0.6) is 0 Å². The molecule has 152 valence electrons. The average molecular weight is 416 g/mol. The van der Waals surface area contributed by atoms with Crippen LogP contribution in [0, 0.1) is 0 Å². The van der Waals surface area contributed by atoms with E-state index in [1.54, 1.807) is 30.3 Å². The van der Waals surface area contributed by atoms with Crippen LogP contribution in [0.25, 0.3) is 6.08 Å². The van der Waals surface area contributed by atoms with Gasteiger partial charge in [0.2, 0.25) is 10.0 Å². The molecular weight excluding hydrogens is 398 g/mol. The lowest BCUT2D eigenvalue weighted by Crippen LogP contribution is -2.45. The van der Waals surface area contributed by atoms with Crippen LogP contribution in [0.1, 0.15) is 33.2 Å². The molecule has 0 amide bonds. The van der Waals surface area contributed by atoms with E-state index in [0.29, 0.717) is 11.1 Å². The van der Waals surface area contributed by atoms with Gasteiger partial charge in [-0.3, -0.25) is 4.79 Å². The van der Waals surface area contributed by atoms with Crippen LogP contribution in [-0.4, -0.2) is 39.3 Å². The van der Waals surface area contributed by atoms with Crippen LogP contribution in [0.2, 0.25) is 0 Å². The number of carbonyl (C=O) groups excluding carboxylic acids is 3. The van der Waals surface area contributed by atoms with Gasteiger partial charge in [0, 0.05) is 5.56 Å². The molecule has 0 aliphatic carbocycles. The highest BCUT2D eigenvalue weighted by atomic mass is 32.2. The average Bonchev–Trinajstić information content (AvgIpc) is 2.71. The first-order chi connectivity index (χ1) is 13.6. The Balaban J connectivity index is 2.09. The predicted octanol–water partition coefficient (Wildman–Crippen LogP) is 0.786. The number of methoxy groups -OCH3 is 1. The van der Waals surface area contributed by atoms with E-state index in [4.69, 9.17) is 0 Å². The van der Waals surface area contributed by atoms with Crippen LogP contribution in [0.15, 0.2) is 59.5 Å². The summed E-state index contributed by atoms with van der Waals surface area (Å²) >= 11 is 0. The molecule has 0 spiro atoms. The summed E-state index contributed by atoms with van der Waals surface area (Å²) in [6.45, 7) is 1.15. The van der Waals surface area contributed by atoms with Crippen molar-refractivity contribution in [3.05, 3.63) is 71.3 Å². The van der Waals surface area contributed by atoms with Gasteiger partial charge in [0.1, 0.15) is 0 Å². The molecule has 29 heavy (non-hydrogen) atoms. The highest BCUT2D eigenvalue weighted by Crippen LogP contribution is 2.13. The zero-order chi connectivity index (χ0) is 21.6. The summed E-state index contributed by atoms with van der Waals surface area (Å²) < 4.78 is 30.8. The lowest BCUT2D eigenvalue weighted by atomic mass is 10.1. The van der Waals surface area contributed by atoms with Crippen molar-refractivity contribution in [3.8, 4) is 0 Å². The van der Waals surface area contributed by atoms with Crippen molar-refractivity contribution in [2.24, 2.45) is 0 Å². The summed E-state index contributed by atoms with van der Waals surface area (Å²) in [7, 11) is -2.77. The number of carbonyl (C=O) groups is 3. The van der Waals surface area contributed by atoms with E-state index in [1.807, 2.05) is 4.72 Å². The normalized spacial score (nSPS) is 12.5. The van der Waals surface area contributed by atoms with Crippen molar-refractivity contribution < 1.29 is 32.6 Å². The van der Waals surface area contributed by atoms with E-state index in [1.165, 1.54) is 37.5 Å². The number of ketones is 1. The zero-order valence-electron chi connectivity index (χ0n) is 15.6. The molecule has 2 aromatic carbocycles. The van der Waals surface area contributed by atoms with Gasteiger partial charge >= 0.3 is 5.97 Å². The van der Waals surface area contributed by atoms with Gasteiger partial charge in [-0.2, -0.15) is 0 Å². The minimum absolute atomic E-state index is 0.176. The predicted molar refractivity (Wildman–Crippen MR) is 102 cm³/mol. The largest absolute Gasteiger partial charge is 0.548 e. The fourth-order valence-electron chi connectivity index (χ4n) is 2.26. The Kier molecular flexibility index (Phi) is 7.03. The summed E-state index contributed by atoms with van der Waals surface area (Å²) in [6.07, 6.45) is 2.87. The molecule has 1 atom stereocenters. The molecule has 2 rings (SSSR count). The molecule has 0 heterocycles. The lowest BCUT2D eigenvalue weighted by Gasteiger charge is -2.14. The molecule has 0 fully saturated rings. The minimum Gasteiger partial charge on any atom is -0.548 e. The van der Waals surface area contributed by atoms with E-state index in [2.05, 4.69) is 4.74 Å². The van der Waals surface area contributed by atoms with Gasteiger partial charge in [0.25, 0.3) is 0 Å². The van der Waals surface area contributed by atoms with Crippen molar-refractivity contribution in [3.63, 3.8) is 0 Å². The molecule has 0 aliphatic rings.